The maximum Gasteiger partial charge on any atom is 0.268 e. The van der Waals surface area contributed by atoms with Gasteiger partial charge in [-0.05, 0) is 6.92 Å². The summed E-state index contributed by atoms with van der Waals surface area (Å²) in [5.41, 5.74) is 4.98. The van der Waals surface area contributed by atoms with E-state index in [1.807, 2.05) is 0 Å². The van der Waals surface area contributed by atoms with Crippen molar-refractivity contribution in [3.05, 3.63) is 0 Å². The van der Waals surface area contributed by atoms with Crippen LogP contribution in [0.5, 0.6) is 0 Å². The van der Waals surface area contributed by atoms with Crippen molar-refractivity contribution in [3.63, 3.8) is 0 Å². The largest absolute Gasteiger partial charge is 0.329 e. The summed E-state index contributed by atoms with van der Waals surface area (Å²) in [7, 11) is -3.57. The van der Waals surface area contributed by atoms with Crippen molar-refractivity contribution >= 4 is 45.5 Å². The van der Waals surface area contributed by atoms with Crippen molar-refractivity contribution in [2.24, 2.45) is 5.73 Å². The fourth-order valence-corrected chi connectivity index (χ4v) is 1.13. The Morgan fingerprint density at radius 3 is 2.33 bits per heavy atom. The summed E-state index contributed by atoms with van der Waals surface area (Å²) >= 11 is 0. The van der Waals surface area contributed by atoms with Crippen LogP contribution in [0.2, 0.25) is 0 Å². The topological polar surface area (TPSA) is 86.5 Å². The number of carbonyl (C=O) groups excluding carboxylic acids is 1. The molecule has 0 aromatic heterocycles. The Kier molecular flexibility index (Phi) is 8.76. The van der Waals surface area contributed by atoms with Crippen molar-refractivity contribution in [2.75, 3.05) is 18.9 Å². The van der Waals surface area contributed by atoms with Gasteiger partial charge in [0.1, 0.15) is 6.61 Å². The summed E-state index contributed by atoms with van der Waals surface area (Å²) in [5.74, 6) is -0.578. The molecule has 67 valence electrons. The normalized spacial score (nSPS) is 10.5. The molecule has 5 nitrogen and oxygen atoms in total. The average Bonchev–Trinajstić information content (AvgIpc) is 1.84. The molecule has 0 aromatic rings. The molecule has 0 amide bonds. The molecule has 0 saturated carbocycles. The molecule has 0 rings (SSSR count). The van der Waals surface area contributed by atoms with Crippen LogP contribution in [-0.2, 0) is 19.1 Å². The predicted octanol–water partition coefficient (Wildman–Crippen LogP) is -1.50. The molecule has 0 unspecified atom stereocenters. The zero-order valence-electron chi connectivity index (χ0n) is 7.24. The van der Waals surface area contributed by atoms with Crippen molar-refractivity contribution in [3.8, 4) is 0 Å². The van der Waals surface area contributed by atoms with Crippen LogP contribution >= 0.6 is 0 Å². The number of ketones is 1. The Labute approximate surface area is 94.1 Å². The molecule has 0 bridgehead atoms. The van der Waals surface area contributed by atoms with Gasteiger partial charge in [-0.25, -0.2) is 0 Å². The van der Waals surface area contributed by atoms with Crippen LogP contribution in [-0.4, -0.2) is 62.7 Å². The molecule has 0 aromatic carbocycles. The molecule has 1 radical (unpaired) electrons. The van der Waals surface area contributed by atoms with Crippen LogP contribution in [0.25, 0.3) is 0 Å². The van der Waals surface area contributed by atoms with E-state index in [1.165, 1.54) is 6.92 Å². The minimum absolute atomic E-state index is 0. The number of carbonyl (C=O) groups is 1. The number of hydrogen-bond donors (Lipinski definition) is 1. The summed E-state index contributed by atoms with van der Waals surface area (Å²) in [6, 6.07) is 0. The third-order valence-electron chi connectivity index (χ3n) is 0.810. The zero-order valence-corrected chi connectivity index (χ0v) is 10.1. The third-order valence-corrected chi connectivity index (χ3v) is 2.02. The Morgan fingerprint density at radius 2 is 2.00 bits per heavy atom. The first-order valence-corrected chi connectivity index (χ1v) is 4.62. The first kappa shape index (κ1) is 15.0. The summed E-state index contributed by atoms with van der Waals surface area (Å²) in [6.07, 6.45) is 0. The molecular formula is C5H11NNaO4S. The third kappa shape index (κ3) is 8.63. The minimum Gasteiger partial charge on any atom is -0.329 e. The van der Waals surface area contributed by atoms with Crippen molar-refractivity contribution < 1.29 is 17.4 Å². The zero-order chi connectivity index (χ0) is 8.91. The van der Waals surface area contributed by atoms with Crippen molar-refractivity contribution in [1.29, 1.82) is 0 Å². The van der Waals surface area contributed by atoms with Gasteiger partial charge in [0, 0.05) is 36.1 Å². The van der Waals surface area contributed by atoms with Gasteiger partial charge in [0.15, 0.2) is 5.78 Å². The minimum atomic E-state index is -3.57. The van der Waals surface area contributed by atoms with Crippen LogP contribution in [0, 0.1) is 0 Å². The van der Waals surface area contributed by atoms with E-state index in [9.17, 15) is 13.2 Å². The maximum absolute atomic E-state index is 10.7. The van der Waals surface area contributed by atoms with E-state index >= 15 is 0 Å². The molecule has 0 aliphatic heterocycles. The molecule has 0 heterocycles. The van der Waals surface area contributed by atoms with Gasteiger partial charge in [0.25, 0.3) is 10.1 Å². The fraction of sp³-hybridized carbons (Fsp3) is 0.800. The van der Waals surface area contributed by atoms with Gasteiger partial charge < -0.3 is 5.73 Å². The van der Waals surface area contributed by atoms with E-state index in [0.717, 1.165) is 0 Å². The monoisotopic (exact) mass is 204 g/mol. The van der Waals surface area contributed by atoms with E-state index in [0.29, 0.717) is 0 Å². The number of rotatable bonds is 5. The van der Waals surface area contributed by atoms with Crippen LogP contribution in [0.3, 0.4) is 0 Å². The second-order valence-electron chi connectivity index (χ2n) is 2.01. The van der Waals surface area contributed by atoms with Gasteiger partial charge >= 0.3 is 0 Å². The summed E-state index contributed by atoms with van der Waals surface area (Å²) < 4.78 is 25.6. The van der Waals surface area contributed by atoms with Gasteiger partial charge in [-0.15, -0.1) is 0 Å². The summed E-state index contributed by atoms with van der Waals surface area (Å²) in [4.78, 5) is 10.3. The summed E-state index contributed by atoms with van der Waals surface area (Å²) in [6.45, 7) is 0.848. The Balaban J connectivity index is 0. The van der Waals surface area contributed by atoms with Gasteiger partial charge in [-0.3, -0.25) is 8.98 Å². The molecular weight excluding hydrogens is 193 g/mol. The quantitative estimate of drug-likeness (QED) is 0.435. The Bertz CT molecular complexity index is 226. The first-order valence-electron chi connectivity index (χ1n) is 3.04. The van der Waals surface area contributed by atoms with Crippen molar-refractivity contribution in [1.82, 2.24) is 0 Å². The number of hydrogen-bond acceptors (Lipinski definition) is 5. The van der Waals surface area contributed by atoms with E-state index in [-0.39, 0.29) is 47.6 Å². The van der Waals surface area contributed by atoms with Crippen molar-refractivity contribution in [2.45, 2.75) is 6.92 Å². The Morgan fingerprint density at radius 1 is 1.50 bits per heavy atom. The van der Waals surface area contributed by atoms with Crippen LogP contribution < -0.4 is 5.73 Å². The summed E-state index contributed by atoms with van der Waals surface area (Å²) in [5, 5.41) is 0. The molecule has 12 heavy (non-hydrogen) atoms. The number of nitrogens with two attached hydrogens (primary N) is 1. The second kappa shape index (κ2) is 6.99. The molecule has 0 saturated heterocycles. The molecule has 2 N–H and O–H groups in total. The fourth-order valence-electron chi connectivity index (χ4n) is 0.376. The van der Waals surface area contributed by atoms with Gasteiger partial charge in [0.05, 0.1) is 5.75 Å². The molecule has 0 aliphatic carbocycles. The van der Waals surface area contributed by atoms with Gasteiger partial charge in [-0.2, -0.15) is 8.42 Å². The molecule has 0 atom stereocenters. The van der Waals surface area contributed by atoms with Crippen LogP contribution in [0.15, 0.2) is 0 Å². The molecule has 0 spiro atoms. The second-order valence-corrected chi connectivity index (χ2v) is 3.77. The standard InChI is InChI=1S/C5H11NO4S.Na/c1-5(7)4-10-11(8,9)3-2-6;/h2-4,6H2,1H3;. The smallest absolute Gasteiger partial charge is 0.268 e. The maximum atomic E-state index is 10.7. The molecule has 0 aliphatic rings. The first-order chi connectivity index (χ1) is 4.98. The Hall–Kier alpha value is 0.540. The van der Waals surface area contributed by atoms with E-state index in [4.69, 9.17) is 5.73 Å². The van der Waals surface area contributed by atoms with E-state index < -0.39 is 16.7 Å². The van der Waals surface area contributed by atoms with E-state index in [1.54, 1.807) is 0 Å². The van der Waals surface area contributed by atoms with Crippen LogP contribution in [0.1, 0.15) is 6.92 Å². The SMILES string of the molecule is CC(=O)COS(=O)(=O)CCN.[Na]. The van der Waals surface area contributed by atoms with Gasteiger partial charge in [0.2, 0.25) is 0 Å². The predicted molar refractivity (Wildman–Crippen MR) is 45.2 cm³/mol. The molecule has 7 heteroatoms. The molecule has 0 fully saturated rings. The van der Waals surface area contributed by atoms with Crippen LogP contribution in [0.4, 0.5) is 0 Å². The number of Topliss-reactive ketones (excluding diaryl/α,β-unsaturated/α-hetero) is 1. The van der Waals surface area contributed by atoms with E-state index in [2.05, 4.69) is 4.18 Å². The van der Waals surface area contributed by atoms with Gasteiger partial charge in [-0.1, -0.05) is 0 Å². The average molecular weight is 204 g/mol.